The van der Waals surface area contributed by atoms with Gasteiger partial charge in [-0.15, -0.1) is 0 Å². The monoisotopic (exact) mass is 171 g/mol. The summed E-state index contributed by atoms with van der Waals surface area (Å²) >= 11 is 5.57. The Labute approximate surface area is 68.4 Å². The molecule has 0 saturated heterocycles. The second-order valence-corrected chi connectivity index (χ2v) is 2.34. The van der Waals surface area contributed by atoms with Crippen LogP contribution in [0.25, 0.3) is 0 Å². The highest BCUT2D eigenvalue weighted by Crippen LogP contribution is 2.16. The molecule has 0 saturated carbocycles. The summed E-state index contributed by atoms with van der Waals surface area (Å²) in [5.41, 5.74) is 5.55. The van der Waals surface area contributed by atoms with Gasteiger partial charge in [0.05, 0.1) is 5.56 Å². The highest BCUT2D eigenvalue weighted by molar-refractivity contribution is 6.33. The van der Waals surface area contributed by atoms with Gasteiger partial charge in [0.1, 0.15) is 17.3 Å². The fraction of sp³-hybridized carbons (Fsp3) is 0.167. The van der Waals surface area contributed by atoms with E-state index < -0.39 is 0 Å². The molecule has 4 nitrogen and oxygen atoms in total. The van der Waals surface area contributed by atoms with Crippen LogP contribution in [-0.2, 0) is 0 Å². The molecule has 5 heteroatoms. The zero-order chi connectivity index (χ0) is 8.43. The molecular formula is C6H6ClN3O. The number of Topliss-reactive ketones (excluding diaryl/α,β-unsaturated/α-hetero) is 1. The number of nitrogens with two attached hydrogens (primary N) is 1. The zero-order valence-corrected chi connectivity index (χ0v) is 6.59. The van der Waals surface area contributed by atoms with E-state index in [1.54, 1.807) is 0 Å². The van der Waals surface area contributed by atoms with E-state index in [4.69, 9.17) is 17.3 Å². The van der Waals surface area contributed by atoms with Gasteiger partial charge in [-0.25, -0.2) is 9.97 Å². The largest absolute Gasteiger partial charge is 0.383 e. The third-order valence-electron chi connectivity index (χ3n) is 1.18. The highest BCUT2D eigenvalue weighted by Gasteiger charge is 2.10. The molecule has 0 aliphatic carbocycles. The number of aromatic nitrogens is 2. The number of halogens is 1. The minimum atomic E-state index is -0.229. The normalized spacial score (nSPS) is 9.64. The molecule has 0 aliphatic heterocycles. The summed E-state index contributed by atoms with van der Waals surface area (Å²) in [4.78, 5) is 18.1. The summed E-state index contributed by atoms with van der Waals surface area (Å²) in [6.45, 7) is 1.36. The Hall–Kier alpha value is -1.16. The molecule has 0 bridgehead atoms. The fourth-order valence-corrected chi connectivity index (χ4v) is 0.976. The van der Waals surface area contributed by atoms with Crippen molar-refractivity contribution in [2.45, 2.75) is 6.92 Å². The van der Waals surface area contributed by atoms with Crippen molar-refractivity contribution in [2.75, 3.05) is 5.73 Å². The molecule has 1 aromatic rings. The van der Waals surface area contributed by atoms with Crippen molar-refractivity contribution in [2.24, 2.45) is 0 Å². The molecule has 0 radical (unpaired) electrons. The summed E-state index contributed by atoms with van der Waals surface area (Å²) < 4.78 is 0. The Balaban J connectivity index is 3.32. The van der Waals surface area contributed by atoms with Crippen molar-refractivity contribution in [1.82, 2.24) is 9.97 Å². The summed E-state index contributed by atoms with van der Waals surface area (Å²) in [7, 11) is 0. The lowest BCUT2D eigenvalue weighted by Crippen LogP contribution is -2.04. The van der Waals surface area contributed by atoms with E-state index in [-0.39, 0.29) is 22.3 Å². The molecule has 0 aromatic carbocycles. The lowest BCUT2D eigenvalue weighted by atomic mass is 10.2. The summed E-state index contributed by atoms with van der Waals surface area (Å²) in [6, 6.07) is 0. The van der Waals surface area contributed by atoms with Crippen LogP contribution in [0.2, 0.25) is 5.15 Å². The molecular weight excluding hydrogens is 166 g/mol. The van der Waals surface area contributed by atoms with Crippen molar-refractivity contribution < 1.29 is 4.79 Å². The lowest BCUT2D eigenvalue weighted by Gasteiger charge is -1.99. The first kappa shape index (κ1) is 7.94. The first-order valence-electron chi connectivity index (χ1n) is 2.90. The second-order valence-electron chi connectivity index (χ2n) is 1.98. The topological polar surface area (TPSA) is 68.9 Å². The summed E-state index contributed by atoms with van der Waals surface area (Å²) in [5, 5.41) is 0.102. The Kier molecular flexibility index (Phi) is 2.05. The number of anilines is 1. The van der Waals surface area contributed by atoms with Crippen LogP contribution in [-0.4, -0.2) is 15.8 Å². The van der Waals surface area contributed by atoms with Gasteiger partial charge in [0.15, 0.2) is 5.78 Å². The number of nitrogen functional groups attached to an aromatic ring is 1. The number of carbonyl (C=O) groups is 1. The number of ketones is 1. The van der Waals surface area contributed by atoms with Crippen LogP contribution in [0.1, 0.15) is 17.3 Å². The number of hydrogen-bond donors (Lipinski definition) is 1. The van der Waals surface area contributed by atoms with Gasteiger partial charge < -0.3 is 5.73 Å². The SMILES string of the molecule is CC(=O)c1c(N)ncnc1Cl. The van der Waals surface area contributed by atoms with E-state index in [0.29, 0.717) is 0 Å². The number of nitrogens with zero attached hydrogens (tertiary/aromatic N) is 2. The van der Waals surface area contributed by atoms with Gasteiger partial charge in [0.2, 0.25) is 0 Å². The first-order valence-corrected chi connectivity index (χ1v) is 3.27. The quantitative estimate of drug-likeness (QED) is 0.504. The molecule has 0 spiro atoms. The van der Waals surface area contributed by atoms with E-state index in [0.717, 1.165) is 0 Å². The van der Waals surface area contributed by atoms with Crippen LogP contribution in [0.3, 0.4) is 0 Å². The van der Waals surface area contributed by atoms with E-state index in [1.165, 1.54) is 13.3 Å². The smallest absolute Gasteiger partial charge is 0.166 e. The predicted octanol–water partition coefficient (Wildman–Crippen LogP) is 0.915. The van der Waals surface area contributed by atoms with Gasteiger partial charge in [0, 0.05) is 0 Å². The predicted molar refractivity (Wildman–Crippen MR) is 41.5 cm³/mol. The van der Waals surface area contributed by atoms with Gasteiger partial charge in [0.25, 0.3) is 0 Å². The van der Waals surface area contributed by atoms with Crippen LogP contribution in [0, 0.1) is 0 Å². The molecule has 58 valence electrons. The third kappa shape index (κ3) is 1.46. The van der Waals surface area contributed by atoms with Crippen LogP contribution < -0.4 is 5.73 Å². The molecule has 2 N–H and O–H groups in total. The van der Waals surface area contributed by atoms with E-state index in [9.17, 15) is 4.79 Å². The van der Waals surface area contributed by atoms with Crippen LogP contribution in [0.4, 0.5) is 5.82 Å². The number of hydrogen-bond acceptors (Lipinski definition) is 4. The van der Waals surface area contributed by atoms with Crippen LogP contribution in [0.15, 0.2) is 6.33 Å². The molecule has 0 amide bonds. The van der Waals surface area contributed by atoms with Gasteiger partial charge in [-0.05, 0) is 6.92 Å². The van der Waals surface area contributed by atoms with E-state index in [2.05, 4.69) is 9.97 Å². The lowest BCUT2D eigenvalue weighted by molar-refractivity contribution is 0.101. The fourth-order valence-electron chi connectivity index (χ4n) is 0.702. The maximum absolute atomic E-state index is 10.8. The average Bonchev–Trinajstić information content (AvgIpc) is 1.85. The molecule has 11 heavy (non-hydrogen) atoms. The minimum absolute atomic E-state index is 0.102. The maximum Gasteiger partial charge on any atom is 0.166 e. The Morgan fingerprint density at radius 1 is 1.64 bits per heavy atom. The van der Waals surface area contributed by atoms with Crippen molar-refractivity contribution >= 4 is 23.2 Å². The third-order valence-corrected chi connectivity index (χ3v) is 1.47. The van der Waals surface area contributed by atoms with Crippen molar-refractivity contribution in [3.05, 3.63) is 17.0 Å². The van der Waals surface area contributed by atoms with E-state index >= 15 is 0 Å². The maximum atomic E-state index is 10.8. The average molecular weight is 172 g/mol. The van der Waals surface area contributed by atoms with Gasteiger partial charge >= 0.3 is 0 Å². The van der Waals surface area contributed by atoms with E-state index in [1.807, 2.05) is 0 Å². The minimum Gasteiger partial charge on any atom is -0.383 e. The summed E-state index contributed by atoms with van der Waals surface area (Å²) in [5.74, 6) is -0.106. The highest BCUT2D eigenvalue weighted by atomic mass is 35.5. The standard InChI is InChI=1S/C6H6ClN3O/c1-3(11)4-5(7)9-2-10-6(4)8/h2H,1H3,(H2,8,9,10). The first-order chi connectivity index (χ1) is 5.13. The van der Waals surface area contributed by atoms with Gasteiger partial charge in [-0.2, -0.15) is 0 Å². The molecule has 1 rings (SSSR count). The second kappa shape index (κ2) is 2.84. The van der Waals surface area contributed by atoms with Crippen molar-refractivity contribution in [3.63, 3.8) is 0 Å². The van der Waals surface area contributed by atoms with Gasteiger partial charge in [-0.1, -0.05) is 11.6 Å². The van der Waals surface area contributed by atoms with Crippen LogP contribution in [0.5, 0.6) is 0 Å². The number of rotatable bonds is 1. The Morgan fingerprint density at radius 2 is 2.27 bits per heavy atom. The molecule has 0 aliphatic rings. The van der Waals surface area contributed by atoms with Gasteiger partial charge in [-0.3, -0.25) is 4.79 Å². The van der Waals surface area contributed by atoms with Crippen molar-refractivity contribution in [1.29, 1.82) is 0 Å². The molecule has 0 unspecified atom stereocenters. The number of carbonyl (C=O) groups excluding carboxylic acids is 1. The zero-order valence-electron chi connectivity index (χ0n) is 5.84. The van der Waals surface area contributed by atoms with Crippen molar-refractivity contribution in [3.8, 4) is 0 Å². The Morgan fingerprint density at radius 3 is 2.64 bits per heavy atom. The van der Waals surface area contributed by atoms with Crippen LogP contribution >= 0.6 is 11.6 Å². The Bertz CT molecular complexity index is 280. The molecule has 1 aromatic heterocycles. The molecule has 0 fully saturated rings. The molecule has 1 heterocycles. The summed E-state index contributed by atoms with van der Waals surface area (Å²) in [6.07, 6.45) is 1.21. The molecule has 0 atom stereocenters.